The molecule has 1 N–H and O–H groups in total. The van der Waals surface area contributed by atoms with Gasteiger partial charge in [0.25, 0.3) is 0 Å². The van der Waals surface area contributed by atoms with Crippen molar-refractivity contribution >= 4 is 31.6 Å². The molecule has 0 bridgehead atoms. The highest BCUT2D eigenvalue weighted by Gasteiger charge is 2.25. The fourth-order valence-electron chi connectivity index (χ4n) is 3.16. The van der Waals surface area contributed by atoms with Crippen molar-refractivity contribution in [2.45, 2.75) is 11.8 Å². The van der Waals surface area contributed by atoms with Gasteiger partial charge in [-0.3, -0.25) is 9.10 Å². The highest BCUT2D eigenvalue weighted by atomic mass is 32.2. The third kappa shape index (κ3) is 6.55. The molecule has 0 radical (unpaired) electrons. The molecule has 0 aromatic heterocycles. The maximum atomic E-state index is 12.7. The lowest BCUT2D eigenvalue weighted by atomic mass is 10.2. The van der Waals surface area contributed by atoms with Gasteiger partial charge in [0.2, 0.25) is 26.0 Å². The molecule has 1 aliphatic rings. The van der Waals surface area contributed by atoms with Crippen LogP contribution in [0.15, 0.2) is 47.4 Å². The van der Waals surface area contributed by atoms with E-state index in [1.54, 1.807) is 12.1 Å². The number of anilines is 1. The topological polar surface area (TPSA) is 132 Å². The lowest BCUT2D eigenvalue weighted by Crippen LogP contribution is -2.42. The Kier molecular flexibility index (Phi) is 8.46. The summed E-state index contributed by atoms with van der Waals surface area (Å²) in [5, 5.41) is 2.63. The zero-order valence-electron chi connectivity index (χ0n) is 19.8. The Balaban J connectivity index is 1.57. The van der Waals surface area contributed by atoms with Crippen LogP contribution >= 0.6 is 0 Å². The predicted molar refractivity (Wildman–Crippen MR) is 130 cm³/mol. The lowest BCUT2D eigenvalue weighted by Gasteiger charge is -2.25. The first-order chi connectivity index (χ1) is 16.5. The first-order valence-corrected chi connectivity index (χ1v) is 13.9. The summed E-state index contributed by atoms with van der Waals surface area (Å²) in [5.74, 6) is 0.680. The zero-order valence-corrected chi connectivity index (χ0v) is 21.4. The molecule has 13 heteroatoms. The smallest absolute Gasteiger partial charge is 0.242 e. The third-order valence-electron chi connectivity index (χ3n) is 5.10. The van der Waals surface area contributed by atoms with Gasteiger partial charge in [0.15, 0.2) is 11.5 Å². The number of hydrogen-bond donors (Lipinski definition) is 1. The van der Waals surface area contributed by atoms with Gasteiger partial charge in [-0.05, 0) is 43.3 Å². The van der Waals surface area contributed by atoms with Crippen LogP contribution < -0.4 is 23.8 Å². The summed E-state index contributed by atoms with van der Waals surface area (Å²) in [7, 11) is -4.38. The summed E-state index contributed by atoms with van der Waals surface area (Å²) in [5.41, 5.74) is 0.301. The number of fused-ring (bicyclic) bond motifs is 1. The number of benzene rings is 2. The third-order valence-corrected chi connectivity index (χ3v) is 8.67. The number of carbonyl (C=O) groups is 1. The standard InChI is InChI=1S/C22H29N3O8S2/c1-4-34(27,28)25(17-5-10-20-21(15-17)33-14-13-32-20)16-22(26)23-11-12-31-18-6-8-19(9-7-18)35(29,30)24(2)3/h5-10,15H,4,11-14,16H2,1-3H3,(H,23,26). The van der Waals surface area contributed by atoms with Crippen molar-refractivity contribution in [3.63, 3.8) is 0 Å². The normalized spacial score (nSPS) is 13.4. The van der Waals surface area contributed by atoms with Crippen LogP contribution in [0.5, 0.6) is 17.2 Å². The van der Waals surface area contributed by atoms with Gasteiger partial charge in [0.05, 0.1) is 22.9 Å². The van der Waals surface area contributed by atoms with E-state index >= 15 is 0 Å². The first kappa shape index (κ1) is 26.6. The second-order valence-electron chi connectivity index (χ2n) is 7.69. The van der Waals surface area contributed by atoms with Crippen molar-refractivity contribution in [1.29, 1.82) is 0 Å². The first-order valence-electron chi connectivity index (χ1n) is 10.9. The Bertz CT molecular complexity index is 1250. The molecule has 11 nitrogen and oxygen atoms in total. The fourth-order valence-corrected chi connectivity index (χ4v) is 5.12. The highest BCUT2D eigenvalue weighted by molar-refractivity contribution is 7.92. The van der Waals surface area contributed by atoms with Gasteiger partial charge >= 0.3 is 0 Å². The van der Waals surface area contributed by atoms with Crippen LogP contribution in [-0.4, -0.2) is 79.8 Å². The van der Waals surface area contributed by atoms with Gasteiger partial charge in [-0.15, -0.1) is 0 Å². The second-order valence-corrected chi connectivity index (χ2v) is 12.0. The Hall–Kier alpha value is -3.03. The number of nitrogens with one attached hydrogen (secondary N) is 1. The van der Waals surface area contributed by atoms with Crippen molar-refractivity contribution in [3.05, 3.63) is 42.5 Å². The fraction of sp³-hybridized carbons (Fsp3) is 0.409. The van der Waals surface area contributed by atoms with E-state index in [4.69, 9.17) is 14.2 Å². The molecule has 0 fully saturated rings. The monoisotopic (exact) mass is 527 g/mol. The van der Waals surface area contributed by atoms with Gasteiger partial charge in [-0.2, -0.15) is 0 Å². The maximum absolute atomic E-state index is 12.7. The van der Waals surface area contributed by atoms with Crippen molar-refractivity contribution in [2.75, 3.05) is 57.1 Å². The van der Waals surface area contributed by atoms with Crippen LogP contribution in [0.4, 0.5) is 5.69 Å². The van der Waals surface area contributed by atoms with Gasteiger partial charge in [-0.1, -0.05) is 0 Å². The van der Waals surface area contributed by atoms with Crippen LogP contribution in [0.2, 0.25) is 0 Å². The van der Waals surface area contributed by atoms with Crippen molar-refractivity contribution in [1.82, 2.24) is 9.62 Å². The molecule has 0 unspecified atom stereocenters. The zero-order chi connectivity index (χ0) is 25.6. The van der Waals surface area contributed by atoms with Crippen molar-refractivity contribution < 1.29 is 35.8 Å². The summed E-state index contributed by atoms with van der Waals surface area (Å²) >= 11 is 0. The number of sulfonamides is 2. The van der Waals surface area contributed by atoms with E-state index in [2.05, 4.69) is 5.32 Å². The Labute approximate surface area is 205 Å². The molecule has 1 aliphatic heterocycles. The van der Waals surface area contributed by atoms with Crippen LogP contribution in [-0.2, 0) is 24.8 Å². The molecule has 2 aromatic carbocycles. The molecule has 2 aromatic rings. The van der Waals surface area contributed by atoms with E-state index in [1.807, 2.05) is 0 Å². The molecule has 0 aliphatic carbocycles. The van der Waals surface area contributed by atoms with Gasteiger partial charge in [0, 0.05) is 20.2 Å². The summed E-state index contributed by atoms with van der Waals surface area (Å²) < 4.78 is 68.2. The van der Waals surface area contributed by atoms with Gasteiger partial charge < -0.3 is 19.5 Å². The molecule has 0 spiro atoms. The van der Waals surface area contributed by atoms with Crippen LogP contribution in [0.3, 0.4) is 0 Å². The average molecular weight is 528 g/mol. The molecule has 192 valence electrons. The minimum Gasteiger partial charge on any atom is -0.492 e. The maximum Gasteiger partial charge on any atom is 0.242 e. The summed E-state index contributed by atoms with van der Waals surface area (Å²) in [6, 6.07) is 10.6. The Morgan fingerprint density at radius 1 is 1.00 bits per heavy atom. The van der Waals surface area contributed by atoms with E-state index < -0.39 is 32.5 Å². The van der Waals surface area contributed by atoms with E-state index in [9.17, 15) is 21.6 Å². The number of ether oxygens (including phenoxy) is 3. The number of hydrogen-bond acceptors (Lipinski definition) is 8. The predicted octanol–water partition coefficient (Wildman–Crippen LogP) is 1.06. The minimum absolute atomic E-state index is 0.107. The SMILES string of the molecule is CCS(=O)(=O)N(CC(=O)NCCOc1ccc(S(=O)(=O)N(C)C)cc1)c1ccc2c(c1)OCCO2. The Morgan fingerprint density at radius 2 is 1.66 bits per heavy atom. The molecular formula is C22H29N3O8S2. The number of carbonyl (C=O) groups excluding carboxylic acids is 1. The largest absolute Gasteiger partial charge is 0.492 e. The van der Waals surface area contributed by atoms with E-state index in [0.29, 0.717) is 36.1 Å². The number of amides is 1. The second kappa shape index (κ2) is 11.1. The van der Waals surface area contributed by atoms with E-state index in [-0.39, 0.29) is 23.8 Å². The molecule has 1 amide bonds. The van der Waals surface area contributed by atoms with Crippen molar-refractivity contribution in [3.8, 4) is 17.2 Å². The van der Waals surface area contributed by atoms with Crippen LogP contribution in [0, 0.1) is 0 Å². The Morgan fingerprint density at radius 3 is 2.29 bits per heavy atom. The van der Waals surface area contributed by atoms with Crippen LogP contribution in [0.1, 0.15) is 6.92 Å². The van der Waals surface area contributed by atoms with Crippen LogP contribution in [0.25, 0.3) is 0 Å². The van der Waals surface area contributed by atoms with E-state index in [1.165, 1.54) is 51.4 Å². The molecule has 35 heavy (non-hydrogen) atoms. The minimum atomic E-state index is -3.74. The number of nitrogens with zero attached hydrogens (tertiary/aromatic N) is 2. The summed E-state index contributed by atoms with van der Waals surface area (Å²) in [4.78, 5) is 12.6. The van der Waals surface area contributed by atoms with E-state index in [0.717, 1.165) is 8.61 Å². The van der Waals surface area contributed by atoms with Gasteiger partial charge in [0.1, 0.15) is 32.1 Å². The molecule has 0 saturated carbocycles. The van der Waals surface area contributed by atoms with Gasteiger partial charge in [-0.25, -0.2) is 21.1 Å². The molecule has 3 rings (SSSR count). The molecule has 0 atom stereocenters. The quantitative estimate of drug-likeness (QED) is 0.429. The molecule has 0 saturated heterocycles. The summed E-state index contributed by atoms with van der Waals surface area (Å²) in [6.07, 6.45) is 0. The number of rotatable bonds is 11. The summed E-state index contributed by atoms with van der Waals surface area (Å²) in [6.45, 7) is 2.08. The lowest BCUT2D eigenvalue weighted by molar-refractivity contribution is -0.119. The highest BCUT2D eigenvalue weighted by Crippen LogP contribution is 2.34. The average Bonchev–Trinajstić information content (AvgIpc) is 2.85. The van der Waals surface area contributed by atoms with Crippen molar-refractivity contribution in [2.24, 2.45) is 0 Å². The molecular weight excluding hydrogens is 498 g/mol. The molecule has 1 heterocycles.